The van der Waals surface area contributed by atoms with Gasteiger partial charge in [-0.1, -0.05) is 23.2 Å². The number of hydrogen-bond acceptors (Lipinski definition) is 5. The lowest BCUT2D eigenvalue weighted by molar-refractivity contribution is 0.103. The van der Waals surface area contributed by atoms with Crippen LogP contribution in [0.3, 0.4) is 0 Å². The number of nitrogens with one attached hydrogen (secondary N) is 1. The van der Waals surface area contributed by atoms with Crippen molar-refractivity contribution in [3.05, 3.63) is 45.5 Å². The average Bonchev–Trinajstić information content (AvgIpc) is 2.80. The Hall–Kier alpha value is -1.89. The van der Waals surface area contributed by atoms with Crippen molar-refractivity contribution in [1.29, 1.82) is 0 Å². The fourth-order valence-corrected chi connectivity index (χ4v) is 3.15. The highest BCUT2D eigenvalue weighted by atomic mass is 35.5. The van der Waals surface area contributed by atoms with Crippen LogP contribution in [0.25, 0.3) is 10.3 Å². The number of rotatable bonds is 2. The SMILES string of the molecule is Nc1c(C(=O)Nc2ccc(Cl)cc2Cl)sc2nccnc12. The number of thiophene rings is 1. The predicted molar refractivity (Wildman–Crippen MR) is 86.2 cm³/mol. The van der Waals surface area contributed by atoms with Gasteiger partial charge in [0.1, 0.15) is 15.2 Å². The van der Waals surface area contributed by atoms with Gasteiger partial charge in [0.15, 0.2) is 0 Å². The van der Waals surface area contributed by atoms with E-state index in [9.17, 15) is 4.79 Å². The summed E-state index contributed by atoms with van der Waals surface area (Å²) in [5.74, 6) is -0.360. The minimum Gasteiger partial charge on any atom is -0.396 e. The standard InChI is InChI=1S/C13H8Cl2N4OS/c14-6-1-2-8(7(15)5-6)19-12(20)11-9(16)10-13(21-11)18-4-3-17-10/h1-5H,16H2,(H,19,20). The molecular formula is C13H8Cl2N4OS. The summed E-state index contributed by atoms with van der Waals surface area (Å²) in [6, 6.07) is 4.82. The largest absolute Gasteiger partial charge is 0.396 e. The molecule has 5 nitrogen and oxygen atoms in total. The lowest BCUT2D eigenvalue weighted by Crippen LogP contribution is -2.12. The third kappa shape index (κ3) is 2.65. The van der Waals surface area contributed by atoms with Crippen molar-refractivity contribution in [1.82, 2.24) is 9.97 Å². The second kappa shape index (κ2) is 5.48. The molecule has 0 bridgehead atoms. The number of nitrogens with zero attached hydrogens (tertiary/aromatic N) is 2. The van der Waals surface area contributed by atoms with Crippen molar-refractivity contribution in [2.24, 2.45) is 0 Å². The van der Waals surface area contributed by atoms with E-state index in [2.05, 4.69) is 15.3 Å². The topological polar surface area (TPSA) is 80.9 Å². The Balaban J connectivity index is 1.95. The van der Waals surface area contributed by atoms with Crippen LogP contribution in [-0.4, -0.2) is 15.9 Å². The number of nitrogens with two attached hydrogens (primary N) is 1. The highest BCUT2D eigenvalue weighted by Crippen LogP contribution is 2.32. The molecule has 0 saturated carbocycles. The number of hydrogen-bond donors (Lipinski definition) is 2. The number of amides is 1. The second-order valence-corrected chi connectivity index (χ2v) is 5.98. The van der Waals surface area contributed by atoms with Gasteiger partial charge in [0.25, 0.3) is 5.91 Å². The lowest BCUT2D eigenvalue weighted by Gasteiger charge is -2.06. The molecule has 0 aliphatic heterocycles. The summed E-state index contributed by atoms with van der Waals surface area (Å²) < 4.78 is 0. The maximum atomic E-state index is 12.3. The molecule has 2 heterocycles. The van der Waals surface area contributed by atoms with Crippen molar-refractivity contribution < 1.29 is 4.79 Å². The third-order valence-corrected chi connectivity index (χ3v) is 4.40. The Morgan fingerprint density at radius 1 is 1.24 bits per heavy atom. The van der Waals surface area contributed by atoms with E-state index in [1.165, 1.54) is 17.5 Å². The lowest BCUT2D eigenvalue weighted by atomic mass is 10.3. The van der Waals surface area contributed by atoms with Crippen molar-refractivity contribution in [2.45, 2.75) is 0 Å². The van der Waals surface area contributed by atoms with Crippen LogP contribution in [0.15, 0.2) is 30.6 Å². The summed E-state index contributed by atoms with van der Waals surface area (Å²) in [7, 11) is 0. The minimum atomic E-state index is -0.360. The second-order valence-electron chi connectivity index (χ2n) is 4.13. The predicted octanol–water partition coefficient (Wildman–Crippen LogP) is 3.83. The molecule has 0 aliphatic carbocycles. The summed E-state index contributed by atoms with van der Waals surface area (Å²) >= 11 is 13.0. The molecule has 0 unspecified atom stereocenters. The molecule has 3 rings (SSSR count). The highest BCUT2D eigenvalue weighted by molar-refractivity contribution is 7.21. The number of carbonyl (C=O) groups excluding carboxylic acids is 1. The van der Waals surface area contributed by atoms with Crippen LogP contribution in [0.1, 0.15) is 9.67 Å². The maximum absolute atomic E-state index is 12.3. The van der Waals surface area contributed by atoms with Gasteiger partial charge in [-0.25, -0.2) is 9.97 Å². The zero-order valence-corrected chi connectivity index (χ0v) is 12.8. The van der Waals surface area contributed by atoms with Gasteiger partial charge in [-0.05, 0) is 18.2 Å². The van der Waals surface area contributed by atoms with E-state index >= 15 is 0 Å². The molecule has 0 atom stereocenters. The van der Waals surface area contributed by atoms with Crippen LogP contribution >= 0.6 is 34.5 Å². The molecule has 3 N–H and O–H groups in total. The molecule has 3 aromatic rings. The van der Waals surface area contributed by atoms with Crippen molar-refractivity contribution in [3.8, 4) is 0 Å². The minimum absolute atomic E-state index is 0.311. The van der Waals surface area contributed by atoms with E-state index in [4.69, 9.17) is 28.9 Å². The number of fused-ring (bicyclic) bond motifs is 1. The zero-order valence-electron chi connectivity index (χ0n) is 10.4. The van der Waals surface area contributed by atoms with Crippen molar-refractivity contribution >= 4 is 62.2 Å². The van der Waals surface area contributed by atoms with Gasteiger partial charge in [-0.15, -0.1) is 11.3 Å². The smallest absolute Gasteiger partial charge is 0.268 e. The summed E-state index contributed by atoms with van der Waals surface area (Å²) in [6.45, 7) is 0. The number of halogens is 2. The Labute approximate surface area is 133 Å². The first-order valence-corrected chi connectivity index (χ1v) is 7.39. The molecular weight excluding hydrogens is 331 g/mol. The van der Waals surface area contributed by atoms with Gasteiger partial charge in [-0.2, -0.15) is 0 Å². The number of carbonyl (C=O) groups is 1. The molecule has 0 aliphatic rings. The molecule has 0 radical (unpaired) electrons. The van der Waals surface area contributed by atoms with Crippen molar-refractivity contribution in [3.63, 3.8) is 0 Å². The van der Waals surface area contributed by atoms with Gasteiger partial charge in [0.2, 0.25) is 0 Å². The average molecular weight is 339 g/mol. The van der Waals surface area contributed by atoms with Crippen LogP contribution in [0.5, 0.6) is 0 Å². The summed E-state index contributed by atoms with van der Waals surface area (Å²) in [5, 5.41) is 3.55. The fourth-order valence-electron chi connectivity index (χ4n) is 1.78. The monoisotopic (exact) mass is 338 g/mol. The number of anilines is 2. The van der Waals surface area contributed by atoms with Crippen LogP contribution in [0.2, 0.25) is 10.0 Å². The van der Waals surface area contributed by atoms with Gasteiger partial charge in [-0.3, -0.25) is 4.79 Å². The van der Waals surface area contributed by atoms with Gasteiger partial charge >= 0.3 is 0 Å². The number of aromatic nitrogens is 2. The van der Waals surface area contributed by atoms with Crippen LogP contribution < -0.4 is 11.1 Å². The molecule has 1 aromatic carbocycles. The first kappa shape index (κ1) is 14.1. The van der Waals surface area contributed by atoms with E-state index in [1.54, 1.807) is 24.4 Å². The Morgan fingerprint density at radius 3 is 2.71 bits per heavy atom. The van der Waals surface area contributed by atoms with Crippen LogP contribution in [0, 0.1) is 0 Å². The first-order chi connectivity index (χ1) is 10.1. The Bertz CT molecular complexity index is 849. The molecule has 0 fully saturated rings. The Morgan fingerprint density at radius 2 is 2.00 bits per heavy atom. The molecule has 8 heteroatoms. The highest BCUT2D eigenvalue weighted by Gasteiger charge is 2.18. The third-order valence-electron chi connectivity index (χ3n) is 2.75. The quantitative estimate of drug-likeness (QED) is 0.743. The van der Waals surface area contributed by atoms with Gasteiger partial charge in [0.05, 0.1) is 16.4 Å². The molecule has 2 aromatic heterocycles. The summed E-state index contributed by atoms with van der Waals surface area (Å²) in [4.78, 5) is 21.5. The van der Waals surface area contributed by atoms with Gasteiger partial charge in [0, 0.05) is 17.4 Å². The first-order valence-electron chi connectivity index (χ1n) is 5.81. The molecule has 21 heavy (non-hydrogen) atoms. The summed E-state index contributed by atoms with van der Waals surface area (Å²) in [6.07, 6.45) is 3.08. The van der Waals surface area contributed by atoms with E-state index in [0.29, 0.717) is 36.6 Å². The molecule has 1 amide bonds. The van der Waals surface area contributed by atoms with Crippen molar-refractivity contribution in [2.75, 3.05) is 11.1 Å². The van der Waals surface area contributed by atoms with E-state index in [1.807, 2.05) is 0 Å². The van der Waals surface area contributed by atoms with Crippen LogP contribution in [0.4, 0.5) is 11.4 Å². The van der Waals surface area contributed by atoms with E-state index in [-0.39, 0.29) is 5.91 Å². The van der Waals surface area contributed by atoms with Gasteiger partial charge < -0.3 is 11.1 Å². The normalized spacial score (nSPS) is 10.8. The maximum Gasteiger partial charge on any atom is 0.268 e. The zero-order chi connectivity index (χ0) is 15.0. The summed E-state index contributed by atoms with van der Waals surface area (Å²) in [5.41, 5.74) is 7.24. The fraction of sp³-hybridized carbons (Fsp3) is 0. The van der Waals surface area contributed by atoms with E-state index < -0.39 is 0 Å². The number of nitrogen functional groups attached to an aromatic ring is 1. The molecule has 106 valence electrons. The van der Waals surface area contributed by atoms with E-state index in [0.717, 1.165) is 0 Å². The Kier molecular flexibility index (Phi) is 3.67. The molecule has 0 spiro atoms. The van der Waals surface area contributed by atoms with Crippen LogP contribution in [-0.2, 0) is 0 Å². The molecule has 0 saturated heterocycles. The number of benzene rings is 1.